The fourth-order valence-electron chi connectivity index (χ4n) is 2.73. The van der Waals surface area contributed by atoms with E-state index in [0.29, 0.717) is 36.4 Å². The van der Waals surface area contributed by atoms with E-state index in [2.05, 4.69) is 5.32 Å². The van der Waals surface area contributed by atoms with Crippen molar-refractivity contribution in [1.29, 1.82) is 0 Å². The van der Waals surface area contributed by atoms with Crippen molar-refractivity contribution >= 4 is 39.3 Å². The highest BCUT2D eigenvalue weighted by Gasteiger charge is 2.27. The minimum absolute atomic E-state index is 0.373. The van der Waals surface area contributed by atoms with Gasteiger partial charge in [0.15, 0.2) is 0 Å². The van der Waals surface area contributed by atoms with Gasteiger partial charge in [-0.3, -0.25) is 9.10 Å². The van der Waals surface area contributed by atoms with Gasteiger partial charge in [0.25, 0.3) is 5.91 Å². The minimum atomic E-state index is -3.32. The van der Waals surface area contributed by atoms with Crippen molar-refractivity contribution in [3.63, 3.8) is 0 Å². The SMILES string of the molecule is COC(=O)[C@@H](CCSC)NC(=O)c1ccc2c(c1)CCN2S(C)(=O)=O. The first-order chi connectivity index (χ1) is 11.8. The third-order valence-electron chi connectivity index (χ3n) is 4.00. The fourth-order valence-corrected chi connectivity index (χ4v) is 4.16. The molecule has 0 bridgehead atoms. The number of carbonyl (C=O) groups excluding carboxylic acids is 2. The lowest BCUT2D eigenvalue weighted by Gasteiger charge is -2.18. The molecule has 1 heterocycles. The lowest BCUT2D eigenvalue weighted by Crippen LogP contribution is -2.42. The zero-order chi connectivity index (χ0) is 18.6. The number of hydrogen-bond acceptors (Lipinski definition) is 6. The Bertz CT molecular complexity index is 764. The number of sulfonamides is 1. The van der Waals surface area contributed by atoms with Gasteiger partial charge in [0.05, 0.1) is 19.1 Å². The van der Waals surface area contributed by atoms with Gasteiger partial charge in [0.2, 0.25) is 10.0 Å². The molecule has 7 nitrogen and oxygen atoms in total. The van der Waals surface area contributed by atoms with E-state index in [1.165, 1.54) is 11.4 Å². The van der Waals surface area contributed by atoms with Gasteiger partial charge in [0, 0.05) is 12.1 Å². The van der Waals surface area contributed by atoms with Gasteiger partial charge in [-0.1, -0.05) is 0 Å². The van der Waals surface area contributed by atoms with Crippen LogP contribution in [0, 0.1) is 0 Å². The molecule has 0 saturated heterocycles. The van der Waals surface area contributed by atoms with E-state index in [-0.39, 0.29) is 5.91 Å². The summed E-state index contributed by atoms with van der Waals surface area (Å²) in [5.74, 6) is -0.142. The summed E-state index contributed by atoms with van der Waals surface area (Å²) in [4.78, 5) is 24.3. The van der Waals surface area contributed by atoms with Crippen LogP contribution in [0.2, 0.25) is 0 Å². The van der Waals surface area contributed by atoms with Crippen molar-refractivity contribution in [3.8, 4) is 0 Å². The Morgan fingerprint density at radius 2 is 2.12 bits per heavy atom. The number of benzene rings is 1. The van der Waals surface area contributed by atoms with E-state index in [1.54, 1.807) is 30.0 Å². The molecule has 1 aromatic carbocycles. The molecule has 1 aliphatic heterocycles. The van der Waals surface area contributed by atoms with Gasteiger partial charge in [-0.15, -0.1) is 0 Å². The molecule has 0 aromatic heterocycles. The highest BCUT2D eigenvalue weighted by atomic mass is 32.2. The number of nitrogens with one attached hydrogen (secondary N) is 1. The van der Waals surface area contributed by atoms with Crippen molar-refractivity contribution in [3.05, 3.63) is 29.3 Å². The Hall–Kier alpha value is -1.74. The molecule has 25 heavy (non-hydrogen) atoms. The van der Waals surface area contributed by atoms with E-state index < -0.39 is 22.0 Å². The van der Waals surface area contributed by atoms with Crippen LogP contribution in [0.4, 0.5) is 5.69 Å². The maximum Gasteiger partial charge on any atom is 0.328 e. The smallest absolute Gasteiger partial charge is 0.328 e. The van der Waals surface area contributed by atoms with Crippen molar-refractivity contribution < 1.29 is 22.7 Å². The predicted octanol–water partition coefficient (Wildman–Crippen LogP) is 1.03. The average molecular weight is 386 g/mol. The van der Waals surface area contributed by atoms with Gasteiger partial charge in [-0.2, -0.15) is 11.8 Å². The summed E-state index contributed by atoms with van der Waals surface area (Å²) in [7, 11) is -2.04. The molecular formula is C16H22N2O5S2. The topological polar surface area (TPSA) is 92.8 Å². The number of rotatable bonds is 7. The van der Waals surface area contributed by atoms with E-state index >= 15 is 0 Å². The van der Waals surface area contributed by atoms with Crippen molar-refractivity contribution in [2.24, 2.45) is 0 Å². The highest BCUT2D eigenvalue weighted by molar-refractivity contribution is 7.98. The second kappa shape index (κ2) is 8.09. The zero-order valence-corrected chi connectivity index (χ0v) is 16.1. The van der Waals surface area contributed by atoms with Crippen LogP contribution in [0.1, 0.15) is 22.3 Å². The maximum atomic E-state index is 12.5. The van der Waals surface area contributed by atoms with E-state index in [0.717, 1.165) is 11.8 Å². The summed E-state index contributed by atoms with van der Waals surface area (Å²) < 4.78 is 29.6. The number of hydrogen-bond donors (Lipinski definition) is 1. The molecule has 1 atom stereocenters. The van der Waals surface area contributed by atoms with Crippen LogP contribution < -0.4 is 9.62 Å². The maximum absolute atomic E-state index is 12.5. The molecule has 9 heteroatoms. The lowest BCUT2D eigenvalue weighted by atomic mass is 10.1. The Kier molecular flexibility index (Phi) is 6.34. The van der Waals surface area contributed by atoms with Crippen LogP contribution in [0.25, 0.3) is 0 Å². The Morgan fingerprint density at radius 1 is 1.40 bits per heavy atom. The first-order valence-electron chi connectivity index (χ1n) is 7.76. The number of carbonyl (C=O) groups is 2. The number of methoxy groups -OCH3 is 1. The molecule has 0 saturated carbocycles. The molecular weight excluding hydrogens is 364 g/mol. The van der Waals surface area contributed by atoms with Gasteiger partial charge in [-0.05, 0) is 48.6 Å². The highest BCUT2D eigenvalue weighted by Crippen LogP contribution is 2.30. The summed E-state index contributed by atoms with van der Waals surface area (Å²) in [6.45, 7) is 0.373. The number of anilines is 1. The van der Waals surface area contributed by atoms with E-state index in [4.69, 9.17) is 4.74 Å². The Labute approximate surface area is 152 Å². The van der Waals surface area contributed by atoms with Gasteiger partial charge < -0.3 is 10.1 Å². The first kappa shape index (κ1) is 19.6. The summed E-state index contributed by atoms with van der Waals surface area (Å²) in [5, 5.41) is 2.69. The average Bonchev–Trinajstić information content (AvgIpc) is 3.00. The summed E-state index contributed by atoms with van der Waals surface area (Å²) in [6, 6.07) is 4.18. The third kappa shape index (κ3) is 4.66. The van der Waals surface area contributed by atoms with E-state index in [1.807, 2.05) is 6.26 Å². The van der Waals surface area contributed by atoms with E-state index in [9.17, 15) is 18.0 Å². The monoisotopic (exact) mass is 386 g/mol. The molecule has 1 aromatic rings. The van der Waals surface area contributed by atoms with Crippen LogP contribution in [-0.4, -0.2) is 58.3 Å². The van der Waals surface area contributed by atoms with Crippen LogP contribution in [0.5, 0.6) is 0 Å². The molecule has 2 rings (SSSR count). The van der Waals surface area contributed by atoms with Gasteiger partial charge >= 0.3 is 5.97 Å². The van der Waals surface area contributed by atoms with Crippen molar-refractivity contribution in [2.75, 3.05) is 36.2 Å². The minimum Gasteiger partial charge on any atom is -0.467 e. The molecule has 1 N–H and O–H groups in total. The van der Waals surface area contributed by atoms with Crippen LogP contribution in [0.3, 0.4) is 0 Å². The van der Waals surface area contributed by atoms with Gasteiger partial charge in [-0.25, -0.2) is 13.2 Å². The zero-order valence-electron chi connectivity index (χ0n) is 14.4. The second-order valence-electron chi connectivity index (χ2n) is 5.76. The molecule has 1 aliphatic rings. The molecule has 1 amide bonds. The van der Waals surface area contributed by atoms with Crippen LogP contribution in [0.15, 0.2) is 18.2 Å². The number of fused-ring (bicyclic) bond motifs is 1. The largest absolute Gasteiger partial charge is 0.467 e. The standard InChI is InChI=1S/C16H22N2O5S2/c1-23-16(20)13(7-9-24-2)17-15(19)12-4-5-14-11(10-12)6-8-18(14)25(3,21)22/h4-5,10,13H,6-9H2,1-3H3,(H,17,19)/t13-/m1/s1. The second-order valence-corrected chi connectivity index (χ2v) is 8.65. The quantitative estimate of drug-likeness (QED) is 0.704. The van der Waals surface area contributed by atoms with Crippen molar-refractivity contribution in [1.82, 2.24) is 5.32 Å². The summed E-state index contributed by atoms with van der Waals surface area (Å²) >= 11 is 1.58. The molecule has 0 radical (unpaired) electrons. The summed E-state index contributed by atoms with van der Waals surface area (Å²) in [6.07, 6.45) is 4.11. The predicted molar refractivity (Wildman–Crippen MR) is 98.6 cm³/mol. The number of thioether (sulfide) groups is 1. The number of nitrogens with zero attached hydrogens (tertiary/aromatic N) is 1. The fraction of sp³-hybridized carbons (Fsp3) is 0.500. The number of ether oxygens (including phenoxy) is 1. The number of esters is 1. The Balaban J connectivity index is 2.16. The first-order valence-corrected chi connectivity index (χ1v) is 11.0. The van der Waals surface area contributed by atoms with Crippen molar-refractivity contribution in [2.45, 2.75) is 18.9 Å². The van der Waals surface area contributed by atoms with Gasteiger partial charge in [0.1, 0.15) is 6.04 Å². The molecule has 0 unspecified atom stereocenters. The van der Waals surface area contributed by atoms with Crippen LogP contribution >= 0.6 is 11.8 Å². The Morgan fingerprint density at radius 3 is 2.72 bits per heavy atom. The molecule has 138 valence electrons. The van der Waals surface area contributed by atoms with Crippen LogP contribution in [-0.2, 0) is 26.0 Å². The molecule has 0 spiro atoms. The molecule has 0 aliphatic carbocycles. The molecule has 0 fully saturated rings. The summed E-state index contributed by atoms with van der Waals surface area (Å²) in [5.41, 5.74) is 1.80. The normalized spacial score (nSPS) is 14.8. The number of amides is 1. The third-order valence-corrected chi connectivity index (χ3v) is 5.82. The lowest BCUT2D eigenvalue weighted by molar-refractivity contribution is -0.142.